The Hall–Kier alpha value is -1.19. The van der Waals surface area contributed by atoms with Crippen molar-refractivity contribution in [3.8, 4) is 0 Å². The van der Waals surface area contributed by atoms with Gasteiger partial charge in [0.1, 0.15) is 0 Å². The third-order valence-electron chi connectivity index (χ3n) is 4.88. The van der Waals surface area contributed by atoms with Gasteiger partial charge in [-0.15, -0.1) is 0 Å². The van der Waals surface area contributed by atoms with Crippen LogP contribution in [0.15, 0.2) is 58.3 Å². The Balaban J connectivity index is 2.23. The van der Waals surface area contributed by atoms with E-state index in [1.807, 2.05) is 11.8 Å². The van der Waals surface area contributed by atoms with Gasteiger partial charge in [-0.25, -0.2) is 0 Å². The fourth-order valence-corrected chi connectivity index (χ4v) is 8.52. The Kier molecular flexibility index (Phi) is 4.14. The zero-order valence-electron chi connectivity index (χ0n) is 13.1. The third-order valence-corrected chi connectivity index (χ3v) is 11.4. The molecule has 3 heteroatoms. The minimum atomic E-state index is -1.50. The van der Waals surface area contributed by atoms with Gasteiger partial charge in [0.25, 0.3) is 0 Å². The molecule has 0 spiro atoms. The highest BCUT2D eigenvalue weighted by Crippen LogP contribution is 2.51. The first-order valence-corrected chi connectivity index (χ1v) is 11.3. The highest BCUT2D eigenvalue weighted by Gasteiger charge is 2.39. The van der Waals surface area contributed by atoms with Crippen LogP contribution in [0.2, 0.25) is 18.1 Å². The third kappa shape index (κ3) is 2.32. The molecule has 0 atom stereocenters. The summed E-state index contributed by atoms with van der Waals surface area (Å²) in [5.74, 6) is 0. The number of rotatable bonds is 4. The van der Waals surface area contributed by atoms with E-state index in [2.05, 4.69) is 73.9 Å². The lowest BCUT2D eigenvalue weighted by Gasteiger charge is -2.46. The summed E-state index contributed by atoms with van der Waals surface area (Å²) in [5.41, 5.74) is 2.86. The van der Waals surface area contributed by atoms with E-state index < -0.39 is 8.24 Å². The Morgan fingerprint density at radius 2 is 1.19 bits per heavy atom. The Bertz CT molecular complexity index is 583. The number of para-hydroxylation sites is 2. The SMILES string of the molecule is CC[Si](CC)(CC)N1c2ccccc2Sc2ccccc21. The predicted molar refractivity (Wildman–Crippen MR) is 96.3 cm³/mol. The minimum absolute atomic E-state index is 1.30. The van der Waals surface area contributed by atoms with Crippen molar-refractivity contribution in [3.63, 3.8) is 0 Å². The van der Waals surface area contributed by atoms with Crippen LogP contribution in [0.5, 0.6) is 0 Å². The van der Waals surface area contributed by atoms with E-state index in [0.717, 1.165) is 0 Å². The lowest BCUT2D eigenvalue weighted by molar-refractivity contribution is 1.07. The summed E-state index contributed by atoms with van der Waals surface area (Å²) in [7, 11) is -1.50. The molecule has 1 nitrogen and oxygen atoms in total. The van der Waals surface area contributed by atoms with Crippen molar-refractivity contribution in [1.82, 2.24) is 0 Å². The molecule has 0 saturated heterocycles. The van der Waals surface area contributed by atoms with Crippen LogP contribution in [-0.2, 0) is 0 Å². The van der Waals surface area contributed by atoms with Crippen LogP contribution in [-0.4, -0.2) is 8.24 Å². The van der Waals surface area contributed by atoms with Gasteiger partial charge in [-0.3, -0.25) is 0 Å². The van der Waals surface area contributed by atoms with Crippen molar-refractivity contribution in [2.24, 2.45) is 0 Å². The van der Waals surface area contributed by atoms with Crippen LogP contribution in [0.4, 0.5) is 11.4 Å². The summed E-state index contributed by atoms with van der Waals surface area (Å²) < 4.78 is 2.74. The largest absolute Gasteiger partial charge is 0.367 e. The topological polar surface area (TPSA) is 3.24 Å². The number of benzene rings is 2. The molecule has 0 fully saturated rings. The van der Waals surface area contributed by atoms with Crippen molar-refractivity contribution < 1.29 is 0 Å². The second-order valence-corrected chi connectivity index (χ2v) is 11.8. The van der Waals surface area contributed by atoms with Gasteiger partial charge >= 0.3 is 0 Å². The molecule has 1 aliphatic heterocycles. The quantitative estimate of drug-likeness (QED) is 0.610. The van der Waals surface area contributed by atoms with Crippen molar-refractivity contribution in [2.45, 2.75) is 48.7 Å². The number of hydrogen-bond donors (Lipinski definition) is 0. The minimum Gasteiger partial charge on any atom is -0.367 e. The van der Waals surface area contributed by atoms with E-state index in [1.165, 1.54) is 39.3 Å². The van der Waals surface area contributed by atoms with Gasteiger partial charge in [0, 0.05) is 21.2 Å². The number of anilines is 2. The molecule has 0 bridgehead atoms. The first-order valence-electron chi connectivity index (χ1n) is 7.92. The van der Waals surface area contributed by atoms with Crippen LogP contribution in [0.1, 0.15) is 20.8 Å². The monoisotopic (exact) mass is 313 g/mol. The van der Waals surface area contributed by atoms with Crippen LogP contribution in [0, 0.1) is 0 Å². The molecule has 3 rings (SSSR count). The molecule has 0 amide bonds. The molecule has 110 valence electrons. The number of fused-ring (bicyclic) bond motifs is 2. The highest BCUT2D eigenvalue weighted by molar-refractivity contribution is 7.99. The second-order valence-electron chi connectivity index (χ2n) is 5.66. The number of nitrogens with zero attached hydrogens (tertiary/aromatic N) is 1. The van der Waals surface area contributed by atoms with Crippen LogP contribution in [0.3, 0.4) is 0 Å². The van der Waals surface area contributed by atoms with Crippen molar-refractivity contribution >= 4 is 31.4 Å². The van der Waals surface area contributed by atoms with Gasteiger partial charge in [-0.05, 0) is 42.4 Å². The summed E-state index contributed by atoms with van der Waals surface area (Å²) in [6.07, 6.45) is 0. The maximum Gasteiger partial charge on any atom is 0.161 e. The van der Waals surface area contributed by atoms with Gasteiger partial charge in [0.2, 0.25) is 0 Å². The van der Waals surface area contributed by atoms with Gasteiger partial charge in [0.05, 0.1) is 0 Å². The zero-order chi connectivity index (χ0) is 14.9. The normalized spacial score (nSPS) is 13.8. The van der Waals surface area contributed by atoms with Crippen molar-refractivity contribution in [3.05, 3.63) is 48.5 Å². The molecule has 21 heavy (non-hydrogen) atoms. The second kappa shape index (κ2) is 5.89. The smallest absolute Gasteiger partial charge is 0.161 e. The summed E-state index contributed by atoms with van der Waals surface area (Å²) in [6.45, 7) is 7.14. The molecule has 0 saturated carbocycles. The lowest BCUT2D eigenvalue weighted by atomic mass is 10.2. The summed E-state index contributed by atoms with van der Waals surface area (Å²) in [5, 5.41) is 0. The molecule has 0 aliphatic carbocycles. The van der Waals surface area contributed by atoms with Crippen LogP contribution < -0.4 is 4.57 Å². The molecular formula is C18H23NSSi. The first kappa shape index (κ1) is 14.7. The summed E-state index contributed by atoms with van der Waals surface area (Å²) in [4.78, 5) is 2.81. The van der Waals surface area contributed by atoms with Crippen LogP contribution >= 0.6 is 11.8 Å². The maximum atomic E-state index is 2.74. The summed E-state index contributed by atoms with van der Waals surface area (Å²) in [6, 6.07) is 21.7. The van der Waals surface area contributed by atoms with Crippen molar-refractivity contribution in [2.75, 3.05) is 4.57 Å². The molecule has 0 N–H and O–H groups in total. The van der Waals surface area contributed by atoms with Crippen molar-refractivity contribution in [1.29, 1.82) is 0 Å². The van der Waals surface area contributed by atoms with Crippen LogP contribution in [0.25, 0.3) is 0 Å². The zero-order valence-corrected chi connectivity index (χ0v) is 14.9. The fourth-order valence-electron chi connectivity index (χ4n) is 3.44. The van der Waals surface area contributed by atoms with E-state index in [1.54, 1.807) is 0 Å². The standard InChI is InChI=1S/C18H23NSSi/c1-4-21(5-2,6-3)19-15-11-7-9-13-17(15)20-18-14-10-8-12-16(18)19/h7-14H,4-6H2,1-3H3. The molecule has 0 aromatic heterocycles. The Morgan fingerprint density at radius 1 is 0.762 bits per heavy atom. The fraction of sp³-hybridized carbons (Fsp3) is 0.333. The lowest BCUT2D eigenvalue weighted by Crippen LogP contribution is -2.50. The molecular weight excluding hydrogens is 290 g/mol. The summed E-state index contributed by atoms with van der Waals surface area (Å²) >= 11 is 1.91. The van der Waals surface area contributed by atoms with Gasteiger partial charge < -0.3 is 4.57 Å². The van der Waals surface area contributed by atoms with Gasteiger partial charge in [-0.2, -0.15) is 0 Å². The Labute approximate surface area is 133 Å². The van der Waals surface area contributed by atoms with E-state index in [0.29, 0.717) is 0 Å². The molecule has 2 aromatic rings. The van der Waals surface area contributed by atoms with Gasteiger partial charge in [-0.1, -0.05) is 56.8 Å². The van der Waals surface area contributed by atoms with E-state index in [-0.39, 0.29) is 0 Å². The van der Waals surface area contributed by atoms with E-state index in [4.69, 9.17) is 0 Å². The highest BCUT2D eigenvalue weighted by atomic mass is 32.2. The molecule has 1 heterocycles. The average Bonchev–Trinajstić information content (AvgIpc) is 2.56. The van der Waals surface area contributed by atoms with E-state index >= 15 is 0 Å². The number of hydrogen-bond acceptors (Lipinski definition) is 2. The Morgan fingerprint density at radius 3 is 1.62 bits per heavy atom. The first-order chi connectivity index (χ1) is 10.3. The maximum absolute atomic E-state index is 2.74. The molecule has 0 radical (unpaired) electrons. The molecule has 1 aliphatic rings. The average molecular weight is 314 g/mol. The molecule has 2 aromatic carbocycles. The van der Waals surface area contributed by atoms with E-state index in [9.17, 15) is 0 Å². The predicted octanol–water partition coefficient (Wildman–Crippen LogP) is 6.29. The van der Waals surface area contributed by atoms with Gasteiger partial charge in [0.15, 0.2) is 8.24 Å². The molecule has 0 unspecified atom stereocenters.